The average molecular weight is 222 g/mol. The lowest BCUT2D eigenvalue weighted by molar-refractivity contribution is 0.0470. The minimum Gasteiger partial charge on any atom is -0.459 e. The molecule has 1 aromatic rings. The van der Waals surface area contributed by atoms with Crippen LogP contribution in [-0.4, -0.2) is 12.1 Å². The molecule has 0 unspecified atom stereocenters. The first-order chi connectivity index (χ1) is 7.58. The van der Waals surface area contributed by atoms with E-state index in [1.807, 2.05) is 13.8 Å². The molecule has 1 aromatic carbocycles. The van der Waals surface area contributed by atoms with E-state index >= 15 is 0 Å². The van der Waals surface area contributed by atoms with Crippen LogP contribution in [0.25, 0.3) is 0 Å². The third-order valence-corrected chi connectivity index (χ3v) is 2.66. The van der Waals surface area contributed by atoms with E-state index < -0.39 is 11.8 Å². The van der Waals surface area contributed by atoms with Crippen LogP contribution in [0.3, 0.4) is 0 Å². The summed E-state index contributed by atoms with van der Waals surface area (Å²) in [5.74, 6) is -0.611. The Morgan fingerprint density at radius 1 is 1.44 bits per heavy atom. The molecular formula is C13H15FO2. The number of hydrogen-bond donors (Lipinski definition) is 0. The quantitative estimate of drug-likeness (QED) is 0.734. The van der Waals surface area contributed by atoms with Gasteiger partial charge in [-0.1, -0.05) is 19.9 Å². The summed E-state index contributed by atoms with van der Waals surface area (Å²) >= 11 is 0. The normalized spacial score (nSPS) is 15.2. The third-order valence-electron chi connectivity index (χ3n) is 2.66. The van der Waals surface area contributed by atoms with Gasteiger partial charge in [0, 0.05) is 0 Å². The van der Waals surface area contributed by atoms with Crippen molar-refractivity contribution in [3.63, 3.8) is 0 Å². The lowest BCUT2D eigenvalue weighted by atomic mass is 9.97. The van der Waals surface area contributed by atoms with Gasteiger partial charge >= 0.3 is 5.97 Å². The van der Waals surface area contributed by atoms with E-state index in [1.54, 1.807) is 6.07 Å². The first kappa shape index (κ1) is 11.1. The zero-order valence-corrected chi connectivity index (χ0v) is 9.50. The maximum Gasteiger partial charge on any atom is 0.338 e. The van der Waals surface area contributed by atoms with E-state index in [0.717, 1.165) is 18.4 Å². The number of ether oxygens (including phenoxy) is 1. The topological polar surface area (TPSA) is 26.3 Å². The molecule has 86 valence electrons. The molecule has 1 aliphatic carbocycles. The number of benzene rings is 1. The minimum atomic E-state index is -0.398. The van der Waals surface area contributed by atoms with E-state index in [9.17, 15) is 9.18 Å². The van der Waals surface area contributed by atoms with Gasteiger partial charge in [0.15, 0.2) is 0 Å². The number of hydrogen-bond acceptors (Lipinski definition) is 2. The molecule has 1 fully saturated rings. The molecule has 2 nitrogen and oxygen atoms in total. The largest absolute Gasteiger partial charge is 0.459 e. The molecule has 1 aliphatic rings. The maximum atomic E-state index is 13.1. The fourth-order valence-corrected chi connectivity index (χ4v) is 1.61. The van der Waals surface area contributed by atoms with E-state index in [1.165, 1.54) is 12.1 Å². The number of rotatable bonds is 3. The van der Waals surface area contributed by atoms with Crippen LogP contribution in [0.5, 0.6) is 0 Å². The standard InChI is InChI=1S/C13H15FO2/c1-8(2)11-6-3-9(14)7-12(11)13(15)16-10-4-5-10/h3,6-8,10H,4-5H2,1-2H3. The molecule has 2 rings (SSSR count). The van der Waals surface area contributed by atoms with Crippen molar-refractivity contribution in [1.82, 2.24) is 0 Å². The number of carbonyl (C=O) groups is 1. The van der Waals surface area contributed by atoms with Crippen LogP contribution < -0.4 is 0 Å². The van der Waals surface area contributed by atoms with Crippen LogP contribution in [0.1, 0.15) is 48.5 Å². The van der Waals surface area contributed by atoms with Crippen LogP contribution >= 0.6 is 0 Å². The van der Waals surface area contributed by atoms with Gasteiger partial charge in [0.25, 0.3) is 0 Å². The Morgan fingerprint density at radius 3 is 2.69 bits per heavy atom. The fraction of sp³-hybridized carbons (Fsp3) is 0.462. The molecule has 0 heterocycles. The third kappa shape index (κ3) is 2.40. The molecule has 0 bridgehead atoms. The van der Waals surface area contributed by atoms with Crippen LogP contribution in [0, 0.1) is 5.82 Å². The molecule has 0 saturated heterocycles. The highest BCUT2D eigenvalue weighted by Gasteiger charge is 2.27. The molecule has 0 aliphatic heterocycles. The molecule has 1 saturated carbocycles. The van der Waals surface area contributed by atoms with Crippen molar-refractivity contribution >= 4 is 5.97 Å². The first-order valence-corrected chi connectivity index (χ1v) is 5.58. The Balaban J connectivity index is 2.28. The summed E-state index contributed by atoms with van der Waals surface area (Å²) < 4.78 is 18.3. The monoisotopic (exact) mass is 222 g/mol. The second-order valence-corrected chi connectivity index (χ2v) is 4.49. The van der Waals surface area contributed by atoms with E-state index in [2.05, 4.69) is 0 Å². The summed E-state index contributed by atoms with van der Waals surface area (Å²) in [4.78, 5) is 11.8. The summed E-state index contributed by atoms with van der Waals surface area (Å²) in [6.45, 7) is 3.95. The average Bonchev–Trinajstić information content (AvgIpc) is 3.01. The van der Waals surface area contributed by atoms with Gasteiger partial charge in [0.05, 0.1) is 5.56 Å². The van der Waals surface area contributed by atoms with Crippen molar-refractivity contribution in [2.24, 2.45) is 0 Å². The summed E-state index contributed by atoms with van der Waals surface area (Å²) in [7, 11) is 0. The fourth-order valence-electron chi connectivity index (χ4n) is 1.61. The molecule has 0 amide bonds. The van der Waals surface area contributed by atoms with Gasteiger partial charge in [0.2, 0.25) is 0 Å². The molecule has 0 spiro atoms. The Morgan fingerprint density at radius 2 is 2.12 bits per heavy atom. The van der Waals surface area contributed by atoms with Gasteiger partial charge in [-0.05, 0) is 36.5 Å². The Hall–Kier alpha value is -1.38. The van der Waals surface area contributed by atoms with Crippen LogP contribution in [0.4, 0.5) is 4.39 Å². The van der Waals surface area contributed by atoms with Gasteiger partial charge in [-0.2, -0.15) is 0 Å². The predicted molar refractivity (Wildman–Crippen MR) is 58.9 cm³/mol. The van der Waals surface area contributed by atoms with Gasteiger partial charge in [-0.3, -0.25) is 0 Å². The Kier molecular flexibility index (Phi) is 2.95. The van der Waals surface area contributed by atoms with Crippen molar-refractivity contribution in [2.75, 3.05) is 0 Å². The van der Waals surface area contributed by atoms with Gasteiger partial charge in [-0.15, -0.1) is 0 Å². The molecule has 0 atom stereocenters. The summed E-state index contributed by atoms with van der Waals surface area (Å²) in [5.41, 5.74) is 1.20. The zero-order valence-electron chi connectivity index (χ0n) is 9.50. The summed E-state index contributed by atoms with van der Waals surface area (Å²) in [6, 6.07) is 4.30. The van der Waals surface area contributed by atoms with Crippen molar-refractivity contribution in [3.05, 3.63) is 35.1 Å². The molecule has 16 heavy (non-hydrogen) atoms. The summed E-state index contributed by atoms with van der Waals surface area (Å²) in [6.07, 6.45) is 1.91. The maximum absolute atomic E-state index is 13.1. The van der Waals surface area contributed by atoms with Crippen LogP contribution in [0.15, 0.2) is 18.2 Å². The van der Waals surface area contributed by atoms with Gasteiger partial charge in [0.1, 0.15) is 11.9 Å². The predicted octanol–water partition coefficient (Wildman–Crippen LogP) is 3.27. The minimum absolute atomic E-state index is 0.0516. The highest BCUT2D eigenvalue weighted by atomic mass is 19.1. The molecule has 3 heteroatoms. The Bertz CT molecular complexity index is 408. The molecule has 0 N–H and O–H groups in total. The lowest BCUT2D eigenvalue weighted by Gasteiger charge is -2.12. The zero-order chi connectivity index (χ0) is 11.7. The smallest absolute Gasteiger partial charge is 0.338 e. The van der Waals surface area contributed by atoms with Gasteiger partial charge in [-0.25, -0.2) is 9.18 Å². The van der Waals surface area contributed by atoms with Crippen molar-refractivity contribution in [2.45, 2.75) is 38.7 Å². The second kappa shape index (κ2) is 4.24. The van der Waals surface area contributed by atoms with Crippen molar-refractivity contribution < 1.29 is 13.9 Å². The number of carbonyl (C=O) groups excluding carboxylic acids is 1. The van der Waals surface area contributed by atoms with E-state index in [4.69, 9.17) is 4.74 Å². The molecule has 0 aromatic heterocycles. The highest BCUT2D eigenvalue weighted by molar-refractivity contribution is 5.91. The van der Waals surface area contributed by atoms with Crippen molar-refractivity contribution in [1.29, 1.82) is 0 Å². The van der Waals surface area contributed by atoms with Gasteiger partial charge < -0.3 is 4.74 Å². The first-order valence-electron chi connectivity index (χ1n) is 5.58. The second-order valence-electron chi connectivity index (χ2n) is 4.49. The van der Waals surface area contributed by atoms with Crippen LogP contribution in [-0.2, 0) is 4.74 Å². The van der Waals surface area contributed by atoms with Crippen LogP contribution in [0.2, 0.25) is 0 Å². The Labute approximate surface area is 94.4 Å². The highest BCUT2D eigenvalue weighted by Crippen LogP contribution is 2.27. The lowest BCUT2D eigenvalue weighted by Crippen LogP contribution is -2.11. The SMILES string of the molecule is CC(C)c1ccc(F)cc1C(=O)OC1CC1. The van der Waals surface area contributed by atoms with E-state index in [-0.39, 0.29) is 12.0 Å². The molecule has 0 radical (unpaired) electrons. The summed E-state index contributed by atoms with van der Waals surface area (Å²) in [5, 5.41) is 0. The van der Waals surface area contributed by atoms with Crippen molar-refractivity contribution in [3.8, 4) is 0 Å². The number of halogens is 1. The van der Waals surface area contributed by atoms with E-state index in [0.29, 0.717) is 5.56 Å². The molecular weight excluding hydrogens is 207 g/mol. The number of esters is 1.